The van der Waals surface area contributed by atoms with E-state index in [-0.39, 0.29) is 16.4 Å². The van der Waals surface area contributed by atoms with Gasteiger partial charge >= 0.3 is 0 Å². The van der Waals surface area contributed by atoms with Gasteiger partial charge in [0.2, 0.25) is 10.0 Å². The fourth-order valence-electron chi connectivity index (χ4n) is 3.82. The van der Waals surface area contributed by atoms with Crippen LogP contribution in [0.15, 0.2) is 59.9 Å². The first-order valence-corrected chi connectivity index (χ1v) is 10.8. The number of nitrogens with one attached hydrogen (secondary N) is 1. The average molecular weight is 397 g/mol. The molecule has 1 aromatic carbocycles. The zero-order chi connectivity index (χ0) is 19.9. The first-order chi connectivity index (χ1) is 13.3. The molecule has 6 nitrogen and oxygen atoms in total. The molecule has 0 aliphatic heterocycles. The summed E-state index contributed by atoms with van der Waals surface area (Å²) >= 11 is 0. The van der Waals surface area contributed by atoms with Gasteiger partial charge in [-0.1, -0.05) is 31.5 Å². The van der Waals surface area contributed by atoms with Gasteiger partial charge < -0.3 is 0 Å². The minimum atomic E-state index is -3.66. The van der Waals surface area contributed by atoms with Crippen molar-refractivity contribution in [2.75, 3.05) is 0 Å². The van der Waals surface area contributed by atoms with Gasteiger partial charge in [0.25, 0.3) is 0 Å². The normalized spacial score (nSPS) is 18.6. The lowest BCUT2D eigenvalue weighted by atomic mass is 9.74. The molecule has 3 aromatic rings. The number of nitrogens with zero attached hydrogens (tertiary/aromatic N) is 3. The fourth-order valence-corrected chi connectivity index (χ4v) is 5.00. The number of sulfonamides is 1. The van der Waals surface area contributed by atoms with E-state index in [0.29, 0.717) is 6.42 Å². The van der Waals surface area contributed by atoms with Crippen LogP contribution in [0.4, 0.5) is 0 Å². The van der Waals surface area contributed by atoms with E-state index in [4.69, 9.17) is 0 Å². The Bertz CT molecular complexity index is 1090. The van der Waals surface area contributed by atoms with Crippen LogP contribution in [0.2, 0.25) is 0 Å². The molecule has 2 heterocycles. The lowest BCUT2D eigenvalue weighted by Crippen LogP contribution is -2.36. The van der Waals surface area contributed by atoms with E-state index < -0.39 is 10.0 Å². The second-order valence-corrected chi connectivity index (χ2v) is 9.92. The molecule has 0 unspecified atom stereocenters. The third-order valence-electron chi connectivity index (χ3n) is 5.20. The van der Waals surface area contributed by atoms with Crippen LogP contribution >= 0.6 is 0 Å². The highest BCUT2D eigenvalue weighted by atomic mass is 32.2. The molecule has 7 heteroatoms. The van der Waals surface area contributed by atoms with Crippen molar-refractivity contribution < 1.29 is 8.42 Å². The molecule has 1 aliphatic rings. The van der Waals surface area contributed by atoms with Crippen molar-refractivity contribution in [2.45, 2.75) is 44.6 Å². The molecule has 4 rings (SSSR count). The Labute approximate surface area is 165 Å². The van der Waals surface area contributed by atoms with Crippen molar-refractivity contribution in [1.29, 1.82) is 0 Å². The van der Waals surface area contributed by atoms with E-state index in [9.17, 15) is 8.42 Å². The SMILES string of the molecule is Cc1ccc(-n2ncc3c2CC(C)(C)C[C@@H]3NS(=O)(=O)c2cccnc2)cc1. The molecule has 0 amide bonds. The molecule has 0 fully saturated rings. The predicted octanol–water partition coefficient (Wildman–Crippen LogP) is 3.57. The van der Waals surface area contributed by atoms with Gasteiger partial charge in [0.05, 0.1) is 17.9 Å². The number of pyridine rings is 1. The first-order valence-electron chi connectivity index (χ1n) is 9.31. The maximum atomic E-state index is 12.9. The van der Waals surface area contributed by atoms with Gasteiger partial charge in [-0.3, -0.25) is 4.98 Å². The van der Waals surface area contributed by atoms with E-state index in [1.54, 1.807) is 24.5 Å². The summed E-state index contributed by atoms with van der Waals surface area (Å²) in [6, 6.07) is 11.0. The molecule has 0 radical (unpaired) electrons. The summed E-state index contributed by atoms with van der Waals surface area (Å²) in [5.74, 6) is 0. The Morgan fingerprint density at radius 1 is 1.14 bits per heavy atom. The monoisotopic (exact) mass is 396 g/mol. The number of hydrogen-bond acceptors (Lipinski definition) is 4. The number of fused-ring (bicyclic) bond motifs is 1. The molecule has 0 spiro atoms. The summed E-state index contributed by atoms with van der Waals surface area (Å²) in [7, 11) is -3.66. The fraction of sp³-hybridized carbons (Fsp3) is 0.333. The number of benzene rings is 1. The van der Waals surface area contributed by atoms with Crippen LogP contribution in [-0.2, 0) is 16.4 Å². The average Bonchev–Trinajstić information content (AvgIpc) is 3.05. The molecule has 1 aliphatic carbocycles. The van der Waals surface area contributed by atoms with E-state index in [2.05, 4.69) is 47.7 Å². The maximum Gasteiger partial charge on any atom is 0.242 e. The second kappa shape index (κ2) is 6.83. The van der Waals surface area contributed by atoms with Crippen LogP contribution in [0.1, 0.15) is 43.1 Å². The Morgan fingerprint density at radius 2 is 1.89 bits per heavy atom. The summed E-state index contributed by atoms with van der Waals surface area (Å²) in [6.45, 7) is 6.37. The topological polar surface area (TPSA) is 76.9 Å². The summed E-state index contributed by atoms with van der Waals surface area (Å²) in [5.41, 5.74) is 4.11. The van der Waals surface area contributed by atoms with Gasteiger partial charge in [-0.15, -0.1) is 0 Å². The summed E-state index contributed by atoms with van der Waals surface area (Å²) in [5, 5.41) is 4.59. The summed E-state index contributed by atoms with van der Waals surface area (Å²) < 4.78 is 30.5. The molecule has 1 N–H and O–H groups in total. The highest BCUT2D eigenvalue weighted by Crippen LogP contribution is 2.42. The summed E-state index contributed by atoms with van der Waals surface area (Å²) in [6.07, 6.45) is 6.26. The quantitative estimate of drug-likeness (QED) is 0.731. The second-order valence-electron chi connectivity index (χ2n) is 8.20. The smallest absolute Gasteiger partial charge is 0.242 e. The van der Waals surface area contributed by atoms with Crippen LogP contribution < -0.4 is 4.72 Å². The molecule has 0 saturated heterocycles. The van der Waals surface area contributed by atoms with Gasteiger partial charge in [-0.2, -0.15) is 5.10 Å². The molecule has 2 aromatic heterocycles. The van der Waals surface area contributed by atoms with Gasteiger partial charge in [-0.25, -0.2) is 17.8 Å². The number of hydrogen-bond donors (Lipinski definition) is 1. The molecule has 0 saturated carbocycles. The first kappa shape index (κ1) is 18.8. The highest BCUT2D eigenvalue weighted by molar-refractivity contribution is 7.89. The zero-order valence-corrected chi connectivity index (χ0v) is 17.1. The maximum absolute atomic E-state index is 12.9. The third-order valence-corrected chi connectivity index (χ3v) is 6.66. The minimum absolute atomic E-state index is 0.0579. The molecule has 0 bridgehead atoms. The highest BCUT2D eigenvalue weighted by Gasteiger charge is 2.37. The predicted molar refractivity (Wildman–Crippen MR) is 108 cm³/mol. The molecule has 28 heavy (non-hydrogen) atoms. The number of aryl methyl sites for hydroxylation is 1. The van der Waals surface area contributed by atoms with Gasteiger partial charge in [0.15, 0.2) is 0 Å². The van der Waals surface area contributed by atoms with Crippen LogP contribution in [0, 0.1) is 12.3 Å². The Balaban J connectivity index is 1.73. The van der Waals surface area contributed by atoms with Crippen LogP contribution in [-0.4, -0.2) is 23.2 Å². The van der Waals surface area contributed by atoms with Crippen molar-refractivity contribution in [3.8, 4) is 5.69 Å². The van der Waals surface area contributed by atoms with E-state index in [1.807, 2.05) is 16.8 Å². The number of aromatic nitrogens is 3. The van der Waals surface area contributed by atoms with Gasteiger partial charge in [0, 0.05) is 23.7 Å². The van der Waals surface area contributed by atoms with Gasteiger partial charge in [0.1, 0.15) is 4.90 Å². The number of rotatable bonds is 4. The van der Waals surface area contributed by atoms with Crippen molar-refractivity contribution in [3.05, 3.63) is 71.8 Å². The molecule has 1 atom stereocenters. The lowest BCUT2D eigenvalue weighted by Gasteiger charge is -2.35. The standard InChI is InChI=1S/C21H24N4O2S/c1-15-6-8-16(9-7-15)25-20-12-21(2,3)11-19(18(20)14-23-25)24-28(26,27)17-5-4-10-22-13-17/h4-10,13-14,19,24H,11-12H2,1-3H3/t19-/m0/s1. The van der Waals surface area contributed by atoms with Crippen molar-refractivity contribution >= 4 is 10.0 Å². The Kier molecular flexibility index (Phi) is 4.59. The molecular weight excluding hydrogens is 372 g/mol. The van der Waals surface area contributed by atoms with E-state index in [0.717, 1.165) is 23.4 Å². The minimum Gasteiger partial charge on any atom is -0.263 e. The third kappa shape index (κ3) is 3.59. The summed E-state index contributed by atoms with van der Waals surface area (Å²) in [4.78, 5) is 4.10. The van der Waals surface area contributed by atoms with Crippen LogP contribution in [0.5, 0.6) is 0 Å². The molecule has 146 valence electrons. The van der Waals surface area contributed by atoms with Crippen LogP contribution in [0.3, 0.4) is 0 Å². The molecular formula is C21H24N4O2S. The van der Waals surface area contributed by atoms with Gasteiger partial charge in [-0.05, 0) is 49.4 Å². The van der Waals surface area contributed by atoms with Crippen molar-refractivity contribution in [3.63, 3.8) is 0 Å². The Morgan fingerprint density at radius 3 is 2.57 bits per heavy atom. The zero-order valence-electron chi connectivity index (χ0n) is 16.3. The van der Waals surface area contributed by atoms with E-state index in [1.165, 1.54) is 11.8 Å². The lowest BCUT2D eigenvalue weighted by molar-refractivity contribution is 0.268. The van der Waals surface area contributed by atoms with Crippen molar-refractivity contribution in [2.24, 2.45) is 5.41 Å². The van der Waals surface area contributed by atoms with E-state index >= 15 is 0 Å². The van der Waals surface area contributed by atoms with Crippen LogP contribution in [0.25, 0.3) is 5.69 Å². The Hall–Kier alpha value is -2.51. The largest absolute Gasteiger partial charge is 0.263 e. The van der Waals surface area contributed by atoms with Crippen molar-refractivity contribution in [1.82, 2.24) is 19.5 Å².